The highest BCUT2D eigenvalue weighted by Crippen LogP contribution is 2.66. The number of fused-ring (bicyclic) bond motifs is 16. The van der Waals surface area contributed by atoms with Gasteiger partial charge in [0.2, 0.25) is 0 Å². The summed E-state index contributed by atoms with van der Waals surface area (Å²) in [4.78, 5) is 2.63. The molecule has 0 unspecified atom stereocenters. The molecule has 0 saturated heterocycles. The van der Waals surface area contributed by atoms with Crippen LogP contribution in [0.4, 0.5) is 17.1 Å². The Kier molecular flexibility index (Phi) is 8.08. The Labute approximate surface area is 399 Å². The number of benzene rings is 10. The van der Waals surface area contributed by atoms with E-state index in [0.717, 1.165) is 5.69 Å². The minimum absolute atomic E-state index is 0.221. The van der Waals surface area contributed by atoms with Gasteiger partial charge in [-0.15, -0.1) is 0 Å². The molecular formula is C67H49N. The molecule has 68 heavy (non-hydrogen) atoms. The second-order valence-corrected chi connectivity index (χ2v) is 20.4. The van der Waals surface area contributed by atoms with E-state index in [-0.39, 0.29) is 10.8 Å². The van der Waals surface area contributed by atoms with Gasteiger partial charge in [-0.2, -0.15) is 0 Å². The lowest BCUT2D eigenvalue weighted by molar-refractivity contribution is 0.660. The van der Waals surface area contributed by atoms with E-state index in [1.165, 1.54) is 123 Å². The minimum atomic E-state index is -0.458. The molecule has 0 bridgehead atoms. The maximum absolute atomic E-state index is 2.63. The first-order chi connectivity index (χ1) is 33.3. The molecule has 0 saturated carbocycles. The van der Waals surface area contributed by atoms with Gasteiger partial charge in [-0.3, -0.25) is 0 Å². The zero-order valence-electron chi connectivity index (χ0n) is 38.8. The van der Waals surface area contributed by atoms with Crippen molar-refractivity contribution in [2.24, 2.45) is 0 Å². The van der Waals surface area contributed by atoms with E-state index >= 15 is 0 Å². The molecule has 0 fully saturated rings. The van der Waals surface area contributed by atoms with E-state index in [2.05, 4.69) is 257 Å². The Balaban J connectivity index is 1.04. The average molecular weight is 868 g/mol. The predicted octanol–water partition coefficient (Wildman–Crippen LogP) is 17.4. The van der Waals surface area contributed by atoms with Gasteiger partial charge in [0.1, 0.15) is 0 Å². The Hall–Kier alpha value is -8.00. The van der Waals surface area contributed by atoms with Crippen molar-refractivity contribution in [1.82, 2.24) is 0 Å². The van der Waals surface area contributed by atoms with E-state index < -0.39 is 5.41 Å². The first kappa shape index (κ1) is 39.2. The normalized spacial score (nSPS) is 15.1. The summed E-state index contributed by atoms with van der Waals surface area (Å²) < 4.78 is 0. The van der Waals surface area contributed by atoms with Crippen molar-refractivity contribution in [2.45, 2.75) is 43.9 Å². The first-order valence-corrected chi connectivity index (χ1v) is 24.2. The number of nitrogens with zero attached hydrogens (tertiary/aromatic N) is 1. The fourth-order valence-corrected chi connectivity index (χ4v) is 13.2. The second-order valence-electron chi connectivity index (χ2n) is 20.4. The summed E-state index contributed by atoms with van der Waals surface area (Å²) in [6.07, 6.45) is 0. The van der Waals surface area contributed by atoms with Crippen molar-refractivity contribution in [3.05, 3.63) is 269 Å². The van der Waals surface area contributed by atoms with Crippen LogP contribution in [0.15, 0.2) is 224 Å². The zero-order valence-corrected chi connectivity index (χ0v) is 38.8. The summed E-state index contributed by atoms with van der Waals surface area (Å²) in [5, 5.41) is 0. The molecule has 0 N–H and O–H groups in total. The monoisotopic (exact) mass is 867 g/mol. The van der Waals surface area contributed by atoms with Gasteiger partial charge < -0.3 is 4.90 Å². The molecule has 0 aromatic heterocycles. The molecule has 0 atom stereocenters. The second kappa shape index (κ2) is 14.0. The third kappa shape index (κ3) is 5.11. The Morgan fingerprint density at radius 2 is 0.647 bits per heavy atom. The third-order valence-corrected chi connectivity index (χ3v) is 16.3. The summed E-state index contributed by atoms with van der Waals surface area (Å²) in [6.45, 7) is 9.65. The van der Waals surface area contributed by atoms with Crippen molar-refractivity contribution >= 4 is 17.1 Å². The lowest BCUT2D eigenvalue weighted by Crippen LogP contribution is -2.26. The standard InChI is InChI=1S/C67H49N/c1-65(2)56-29-17-31-61(63(56)52-37-34-45(40-59(52)65)43-21-9-6-10-22-43)68(46-35-38-50-49-36-33-44(42-19-7-5-8-20-42)39-58(49)66(3,4)60(50)41-46)62-32-18-30-57-64(62)51-25-13-16-28-55(51)67(57)53-26-14-11-23-47(53)48-24-12-15-27-54(48)67/h5-41H,1-4H3. The van der Waals surface area contributed by atoms with Crippen LogP contribution >= 0.6 is 0 Å². The van der Waals surface area contributed by atoms with Gasteiger partial charge in [0.05, 0.1) is 16.8 Å². The van der Waals surface area contributed by atoms with Gasteiger partial charge in [0, 0.05) is 27.6 Å². The summed E-state index contributed by atoms with van der Waals surface area (Å²) in [5.41, 5.74) is 28.9. The molecule has 1 spiro atoms. The Morgan fingerprint density at radius 3 is 1.24 bits per heavy atom. The molecular weight excluding hydrogens is 819 g/mol. The quantitative estimate of drug-likeness (QED) is 0.167. The van der Waals surface area contributed by atoms with Gasteiger partial charge in [0.15, 0.2) is 0 Å². The lowest BCUT2D eigenvalue weighted by atomic mass is 9.70. The maximum atomic E-state index is 2.63. The molecule has 14 rings (SSSR count). The van der Waals surface area contributed by atoms with Crippen molar-refractivity contribution in [2.75, 3.05) is 4.90 Å². The zero-order chi connectivity index (χ0) is 45.5. The number of hydrogen-bond acceptors (Lipinski definition) is 1. The Morgan fingerprint density at radius 1 is 0.265 bits per heavy atom. The molecule has 1 nitrogen and oxygen atoms in total. The highest BCUT2D eigenvalue weighted by atomic mass is 15.1. The van der Waals surface area contributed by atoms with Crippen molar-refractivity contribution in [1.29, 1.82) is 0 Å². The van der Waals surface area contributed by atoms with E-state index in [1.807, 2.05) is 0 Å². The predicted molar refractivity (Wildman–Crippen MR) is 283 cm³/mol. The topological polar surface area (TPSA) is 3.24 Å². The maximum Gasteiger partial charge on any atom is 0.0726 e. The van der Waals surface area contributed by atoms with Crippen molar-refractivity contribution in [3.63, 3.8) is 0 Å². The molecule has 10 aromatic carbocycles. The fraction of sp³-hybridized carbons (Fsp3) is 0.104. The smallest absolute Gasteiger partial charge is 0.0726 e. The molecule has 10 aromatic rings. The van der Waals surface area contributed by atoms with E-state index in [0.29, 0.717) is 0 Å². The van der Waals surface area contributed by atoms with Crippen LogP contribution in [-0.4, -0.2) is 0 Å². The Bertz CT molecular complexity index is 3690. The highest BCUT2D eigenvalue weighted by molar-refractivity contribution is 6.04. The lowest BCUT2D eigenvalue weighted by Gasteiger charge is -2.33. The van der Waals surface area contributed by atoms with Gasteiger partial charge in [-0.25, -0.2) is 0 Å². The largest absolute Gasteiger partial charge is 0.309 e. The molecule has 0 heterocycles. The minimum Gasteiger partial charge on any atom is -0.309 e. The van der Waals surface area contributed by atoms with Gasteiger partial charge in [0.25, 0.3) is 0 Å². The van der Waals surface area contributed by atoms with Crippen LogP contribution in [-0.2, 0) is 16.2 Å². The van der Waals surface area contributed by atoms with E-state index in [4.69, 9.17) is 0 Å². The summed E-state index contributed by atoms with van der Waals surface area (Å²) in [5.74, 6) is 0. The van der Waals surface area contributed by atoms with Crippen molar-refractivity contribution < 1.29 is 0 Å². The summed E-state index contributed by atoms with van der Waals surface area (Å²) in [6, 6.07) is 84.9. The van der Waals surface area contributed by atoms with E-state index in [1.54, 1.807) is 0 Å². The van der Waals surface area contributed by atoms with Gasteiger partial charge >= 0.3 is 0 Å². The van der Waals surface area contributed by atoms with Crippen LogP contribution < -0.4 is 4.90 Å². The first-order valence-electron chi connectivity index (χ1n) is 24.2. The van der Waals surface area contributed by atoms with E-state index in [9.17, 15) is 0 Å². The molecule has 4 aliphatic carbocycles. The fourth-order valence-electron chi connectivity index (χ4n) is 13.2. The van der Waals surface area contributed by atoms with Crippen LogP contribution in [0.1, 0.15) is 72.2 Å². The number of rotatable bonds is 5. The van der Waals surface area contributed by atoms with Crippen molar-refractivity contribution in [3.8, 4) is 66.8 Å². The van der Waals surface area contributed by atoms with Gasteiger partial charge in [-0.05, 0) is 137 Å². The van der Waals surface area contributed by atoms with Crippen LogP contribution in [0.2, 0.25) is 0 Å². The molecule has 0 aliphatic heterocycles. The van der Waals surface area contributed by atoms with Crippen LogP contribution in [0.5, 0.6) is 0 Å². The number of hydrogen-bond donors (Lipinski definition) is 0. The molecule has 322 valence electrons. The molecule has 1 heteroatoms. The molecule has 0 amide bonds. The third-order valence-electron chi connectivity index (χ3n) is 16.3. The summed E-state index contributed by atoms with van der Waals surface area (Å²) >= 11 is 0. The highest BCUT2D eigenvalue weighted by Gasteiger charge is 2.52. The summed E-state index contributed by atoms with van der Waals surface area (Å²) in [7, 11) is 0. The molecule has 0 radical (unpaired) electrons. The van der Waals surface area contributed by atoms with Crippen LogP contribution in [0.3, 0.4) is 0 Å². The number of anilines is 3. The van der Waals surface area contributed by atoms with Crippen LogP contribution in [0.25, 0.3) is 66.8 Å². The van der Waals surface area contributed by atoms with Gasteiger partial charge in [-0.1, -0.05) is 216 Å². The molecule has 4 aliphatic rings. The average Bonchev–Trinajstić information content (AvgIpc) is 4.02. The van der Waals surface area contributed by atoms with Crippen LogP contribution in [0, 0.1) is 0 Å². The SMILES string of the molecule is CC1(C)c2cc(-c3ccccc3)ccc2-c2ccc(N(c3cccc4c3-c3ccc(-c5ccccc5)cc3C4(C)C)c3cccc4c3-c3ccccc3C43c4ccccc4-c4ccccc43)cc21.